The Kier molecular flexibility index (Phi) is 5.48. The molecule has 0 saturated carbocycles. The van der Waals surface area contributed by atoms with Crippen LogP contribution < -0.4 is 15.6 Å². The summed E-state index contributed by atoms with van der Waals surface area (Å²) in [5, 5.41) is 0.861. The van der Waals surface area contributed by atoms with Crippen LogP contribution in [0.3, 0.4) is 0 Å². The Morgan fingerprint density at radius 1 is 1.10 bits per heavy atom. The smallest absolute Gasteiger partial charge is 0.305 e. The maximum absolute atomic E-state index is 12.4. The van der Waals surface area contributed by atoms with Gasteiger partial charge in [0, 0.05) is 23.1 Å². The molecule has 0 radical (unpaired) electrons. The zero-order valence-corrected chi connectivity index (χ0v) is 16.1. The summed E-state index contributed by atoms with van der Waals surface area (Å²) in [4.78, 5) is 24.8. The van der Waals surface area contributed by atoms with Crippen LogP contribution >= 0.6 is 0 Å². The predicted octanol–water partition coefficient (Wildman–Crippen LogP) is 3.37. The third-order valence-corrected chi connectivity index (χ3v) is 4.90. The van der Waals surface area contributed by atoms with Gasteiger partial charge < -0.3 is 13.9 Å². The molecular weight excluding hydrogens is 372 g/mol. The molecule has 3 aromatic rings. The number of hydrazine groups is 1. The number of benzene rings is 2. The molecule has 7 heteroatoms. The average molecular weight is 394 g/mol. The highest BCUT2D eigenvalue weighted by Gasteiger charge is 2.19. The van der Waals surface area contributed by atoms with Crippen LogP contribution in [-0.2, 0) is 4.74 Å². The lowest BCUT2D eigenvalue weighted by Gasteiger charge is -2.12. The molecule has 1 unspecified atom stereocenters. The maximum Gasteiger partial charge on any atom is 0.305 e. The lowest BCUT2D eigenvalue weighted by atomic mass is 10.1. The summed E-state index contributed by atoms with van der Waals surface area (Å²) in [6.45, 7) is 3.02. The maximum atomic E-state index is 12.4. The number of furan rings is 1. The van der Waals surface area contributed by atoms with Gasteiger partial charge >= 0.3 is 5.91 Å². The molecule has 1 aliphatic rings. The first-order chi connectivity index (χ1) is 14.1. The fourth-order valence-corrected chi connectivity index (χ4v) is 3.33. The normalized spacial score (nSPS) is 16.0. The molecule has 1 atom stereocenters. The first-order valence-electron chi connectivity index (χ1n) is 9.55. The van der Waals surface area contributed by atoms with Crippen LogP contribution in [0.1, 0.15) is 39.3 Å². The van der Waals surface area contributed by atoms with Crippen molar-refractivity contribution in [1.29, 1.82) is 0 Å². The molecule has 2 amide bonds. The molecule has 150 valence electrons. The molecule has 0 spiro atoms. The number of carbonyl (C=O) groups excluding carboxylic acids is 2. The molecule has 1 fully saturated rings. The standard InChI is InChI=1S/C22H22N2O5/c1-14-18-9-2-3-10-19(18)29-20(14)22(26)24-23-21(25)15-6-4-7-16(12-15)28-13-17-8-5-11-27-17/h2-4,6-7,9-10,12,17H,5,8,11,13H2,1H3,(H,23,25)(H,24,26). The third-order valence-electron chi connectivity index (χ3n) is 4.90. The lowest BCUT2D eigenvalue weighted by Crippen LogP contribution is -2.41. The second kappa shape index (κ2) is 8.36. The zero-order valence-electron chi connectivity index (χ0n) is 16.1. The van der Waals surface area contributed by atoms with E-state index in [1.54, 1.807) is 37.3 Å². The molecule has 2 heterocycles. The summed E-state index contributed by atoms with van der Waals surface area (Å²) in [5.41, 5.74) is 6.53. The van der Waals surface area contributed by atoms with Gasteiger partial charge in [0.05, 0.1) is 6.10 Å². The van der Waals surface area contributed by atoms with E-state index >= 15 is 0 Å². The average Bonchev–Trinajstić information content (AvgIpc) is 3.39. The van der Waals surface area contributed by atoms with E-state index in [9.17, 15) is 9.59 Å². The minimum Gasteiger partial charge on any atom is -0.491 e. The molecule has 1 aliphatic heterocycles. The van der Waals surface area contributed by atoms with E-state index in [0.29, 0.717) is 23.5 Å². The number of hydrogen-bond donors (Lipinski definition) is 2. The highest BCUT2D eigenvalue weighted by molar-refractivity contribution is 6.01. The first-order valence-corrected chi connectivity index (χ1v) is 9.55. The van der Waals surface area contributed by atoms with Gasteiger partial charge in [0.1, 0.15) is 17.9 Å². The monoisotopic (exact) mass is 394 g/mol. The number of amides is 2. The van der Waals surface area contributed by atoms with Crippen LogP contribution in [0.2, 0.25) is 0 Å². The number of rotatable bonds is 5. The number of hydrogen-bond acceptors (Lipinski definition) is 5. The summed E-state index contributed by atoms with van der Waals surface area (Å²) >= 11 is 0. The second-order valence-corrected chi connectivity index (χ2v) is 6.93. The fourth-order valence-electron chi connectivity index (χ4n) is 3.33. The SMILES string of the molecule is Cc1c(C(=O)NNC(=O)c2cccc(OCC3CCCO3)c2)oc2ccccc12. The number of para-hydroxylation sites is 1. The number of ether oxygens (including phenoxy) is 2. The van der Waals surface area contributed by atoms with Crippen molar-refractivity contribution in [2.45, 2.75) is 25.9 Å². The van der Waals surface area contributed by atoms with E-state index in [1.165, 1.54) is 0 Å². The summed E-state index contributed by atoms with van der Waals surface area (Å²) in [6.07, 6.45) is 2.12. The van der Waals surface area contributed by atoms with Gasteiger partial charge in [0.25, 0.3) is 5.91 Å². The molecule has 1 aromatic heterocycles. The van der Waals surface area contributed by atoms with Crippen molar-refractivity contribution in [3.05, 3.63) is 65.4 Å². The van der Waals surface area contributed by atoms with Crippen molar-refractivity contribution in [2.24, 2.45) is 0 Å². The van der Waals surface area contributed by atoms with Gasteiger partial charge in [-0.1, -0.05) is 24.3 Å². The van der Waals surface area contributed by atoms with Gasteiger partial charge in [-0.3, -0.25) is 20.4 Å². The first kappa shape index (κ1) is 19.0. The molecule has 0 aliphatic carbocycles. The Bertz CT molecular complexity index is 1040. The minimum atomic E-state index is -0.516. The lowest BCUT2D eigenvalue weighted by molar-refractivity contribution is 0.0679. The van der Waals surface area contributed by atoms with Crippen LogP contribution in [0.5, 0.6) is 5.75 Å². The van der Waals surface area contributed by atoms with Gasteiger partial charge in [-0.05, 0) is 44.0 Å². The van der Waals surface area contributed by atoms with E-state index in [4.69, 9.17) is 13.9 Å². The summed E-state index contributed by atoms with van der Waals surface area (Å²) in [5.74, 6) is -0.222. The molecule has 7 nitrogen and oxygen atoms in total. The van der Waals surface area contributed by atoms with Crippen molar-refractivity contribution >= 4 is 22.8 Å². The van der Waals surface area contributed by atoms with E-state index < -0.39 is 11.8 Å². The second-order valence-electron chi connectivity index (χ2n) is 6.93. The molecule has 1 saturated heterocycles. The van der Waals surface area contributed by atoms with Gasteiger partial charge in [0.2, 0.25) is 0 Å². The minimum absolute atomic E-state index is 0.0961. The quantitative estimate of drug-likeness (QED) is 0.648. The van der Waals surface area contributed by atoms with Crippen molar-refractivity contribution in [3.63, 3.8) is 0 Å². The fraction of sp³-hybridized carbons (Fsp3) is 0.273. The highest BCUT2D eigenvalue weighted by atomic mass is 16.5. The molecule has 0 bridgehead atoms. The Labute approximate surface area is 167 Å². The van der Waals surface area contributed by atoms with E-state index in [1.807, 2.05) is 18.2 Å². The zero-order chi connectivity index (χ0) is 20.2. The van der Waals surface area contributed by atoms with E-state index in [0.717, 1.165) is 30.4 Å². The molecule has 29 heavy (non-hydrogen) atoms. The van der Waals surface area contributed by atoms with Crippen LogP contribution in [-0.4, -0.2) is 31.1 Å². The molecular formula is C22H22N2O5. The van der Waals surface area contributed by atoms with Gasteiger partial charge in [-0.2, -0.15) is 0 Å². The van der Waals surface area contributed by atoms with Gasteiger partial charge in [-0.25, -0.2) is 0 Å². The highest BCUT2D eigenvalue weighted by Crippen LogP contribution is 2.24. The predicted molar refractivity (Wildman–Crippen MR) is 107 cm³/mol. The van der Waals surface area contributed by atoms with Crippen LogP contribution in [0.4, 0.5) is 0 Å². The van der Waals surface area contributed by atoms with Crippen molar-refractivity contribution in [1.82, 2.24) is 10.9 Å². The number of aryl methyl sites for hydroxylation is 1. The van der Waals surface area contributed by atoms with E-state index in [-0.39, 0.29) is 11.9 Å². The van der Waals surface area contributed by atoms with Gasteiger partial charge in [0.15, 0.2) is 5.76 Å². The molecule has 2 N–H and O–H groups in total. The van der Waals surface area contributed by atoms with Crippen LogP contribution in [0.15, 0.2) is 52.9 Å². The molecule has 4 rings (SSSR count). The van der Waals surface area contributed by atoms with Gasteiger partial charge in [-0.15, -0.1) is 0 Å². The number of carbonyl (C=O) groups is 2. The van der Waals surface area contributed by atoms with E-state index in [2.05, 4.69) is 10.9 Å². The third kappa shape index (κ3) is 4.25. The largest absolute Gasteiger partial charge is 0.491 e. The molecule has 2 aromatic carbocycles. The van der Waals surface area contributed by atoms with Crippen molar-refractivity contribution in [2.75, 3.05) is 13.2 Å². The van der Waals surface area contributed by atoms with Crippen molar-refractivity contribution < 1.29 is 23.5 Å². The number of nitrogens with one attached hydrogen (secondary N) is 2. The summed E-state index contributed by atoms with van der Waals surface area (Å²) in [7, 11) is 0. The summed E-state index contributed by atoms with van der Waals surface area (Å²) in [6, 6.07) is 14.2. The van der Waals surface area contributed by atoms with Crippen molar-refractivity contribution in [3.8, 4) is 5.75 Å². The summed E-state index contributed by atoms with van der Waals surface area (Å²) < 4.78 is 16.9. The Balaban J connectivity index is 1.36. The van der Waals surface area contributed by atoms with Crippen LogP contribution in [0.25, 0.3) is 11.0 Å². The Hall–Kier alpha value is -3.32. The Morgan fingerprint density at radius 3 is 2.72 bits per heavy atom. The Morgan fingerprint density at radius 2 is 1.93 bits per heavy atom. The topological polar surface area (TPSA) is 89.8 Å². The number of fused-ring (bicyclic) bond motifs is 1. The van der Waals surface area contributed by atoms with Crippen LogP contribution in [0, 0.1) is 6.92 Å².